The minimum Gasteiger partial charge on any atom is -0.496 e. The molecule has 2 aromatic carbocycles. The van der Waals surface area contributed by atoms with Crippen LogP contribution in [-0.4, -0.2) is 32.2 Å². The van der Waals surface area contributed by atoms with E-state index >= 15 is 0 Å². The lowest BCUT2D eigenvalue weighted by Crippen LogP contribution is -2.45. The SMILES string of the molecule is COc1cc2c(cc1C=Nc1ccccc1SC)C(C)CC(C)(C)N2C. The molecular formula is C22H28N2OS. The molecular weight excluding hydrogens is 340 g/mol. The Kier molecular flexibility index (Phi) is 5.33. The maximum atomic E-state index is 5.69. The third-order valence-corrected chi connectivity index (χ3v) is 6.20. The molecule has 138 valence electrons. The normalized spacial score (nSPS) is 18.8. The van der Waals surface area contributed by atoms with Crippen molar-refractivity contribution in [3.8, 4) is 5.75 Å². The topological polar surface area (TPSA) is 24.8 Å². The monoisotopic (exact) mass is 368 g/mol. The van der Waals surface area contributed by atoms with Crippen molar-refractivity contribution in [2.75, 3.05) is 25.3 Å². The van der Waals surface area contributed by atoms with Crippen molar-refractivity contribution in [2.24, 2.45) is 4.99 Å². The molecule has 0 amide bonds. The van der Waals surface area contributed by atoms with E-state index in [-0.39, 0.29) is 5.54 Å². The van der Waals surface area contributed by atoms with Gasteiger partial charge in [-0.15, -0.1) is 11.8 Å². The summed E-state index contributed by atoms with van der Waals surface area (Å²) in [6.07, 6.45) is 5.14. The first kappa shape index (κ1) is 18.8. The summed E-state index contributed by atoms with van der Waals surface area (Å²) in [6, 6.07) is 12.6. The molecule has 3 nitrogen and oxygen atoms in total. The van der Waals surface area contributed by atoms with Gasteiger partial charge in [-0.05, 0) is 56.2 Å². The largest absolute Gasteiger partial charge is 0.496 e. The van der Waals surface area contributed by atoms with Crippen LogP contribution in [0.5, 0.6) is 5.75 Å². The van der Waals surface area contributed by atoms with Crippen LogP contribution in [0.2, 0.25) is 0 Å². The van der Waals surface area contributed by atoms with Crippen LogP contribution in [0.3, 0.4) is 0 Å². The highest BCUT2D eigenvalue weighted by Crippen LogP contribution is 2.44. The Hall–Kier alpha value is -1.94. The average molecular weight is 369 g/mol. The van der Waals surface area contributed by atoms with E-state index < -0.39 is 0 Å². The average Bonchev–Trinajstić information content (AvgIpc) is 2.63. The van der Waals surface area contributed by atoms with Crippen LogP contribution in [0.1, 0.15) is 44.2 Å². The van der Waals surface area contributed by atoms with Crippen molar-refractivity contribution in [3.63, 3.8) is 0 Å². The van der Waals surface area contributed by atoms with Gasteiger partial charge in [0, 0.05) is 41.0 Å². The van der Waals surface area contributed by atoms with Crippen LogP contribution in [0, 0.1) is 0 Å². The summed E-state index contributed by atoms with van der Waals surface area (Å²) in [7, 11) is 3.90. The van der Waals surface area contributed by atoms with E-state index in [0.29, 0.717) is 5.92 Å². The van der Waals surface area contributed by atoms with Crippen molar-refractivity contribution in [1.82, 2.24) is 0 Å². The molecule has 1 unspecified atom stereocenters. The van der Waals surface area contributed by atoms with Gasteiger partial charge in [0.1, 0.15) is 5.75 Å². The second-order valence-corrected chi connectivity index (χ2v) is 8.41. The fourth-order valence-corrected chi connectivity index (χ4v) is 4.31. The Labute approximate surface area is 161 Å². The van der Waals surface area contributed by atoms with E-state index in [1.165, 1.54) is 16.1 Å². The number of aliphatic imine (C=N–C) groups is 1. The minimum atomic E-state index is 0.143. The Bertz CT molecular complexity index is 829. The van der Waals surface area contributed by atoms with Crippen molar-refractivity contribution in [2.45, 2.75) is 43.5 Å². The highest BCUT2D eigenvalue weighted by molar-refractivity contribution is 7.98. The van der Waals surface area contributed by atoms with Crippen molar-refractivity contribution in [1.29, 1.82) is 0 Å². The van der Waals surface area contributed by atoms with Gasteiger partial charge in [-0.1, -0.05) is 19.1 Å². The third kappa shape index (κ3) is 3.48. The Balaban J connectivity index is 2.04. The van der Waals surface area contributed by atoms with Crippen LogP contribution < -0.4 is 9.64 Å². The number of rotatable bonds is 4. The maximum absolute atomic E-state index is 5.69. The van der Waals surface area contributed by atoms with Crippen LogP contribution in [0.25, 0.3) is 0 Å². The minimum absolute atomic E-state index is 0.143. The van der Waals surface area contributed by atoms with E-state index in [4.69, 9.17) is 9.73 Å². The number of hydrogen-bond acceptors (Lipinski definition) is 4. The van der Waals surface area contributed by atoms with Crippen LogP contribution in [0.4, 0.5) is 11.4 Å². The zero-order chi connectivity index (χ0) is 18.9. The maximum Gasteiger partial charge on any atom is 0.129 e. The number of thioether (sulfide) groups is 1. The predicted molar refractivity (Wildman–Crippen MR) is 114 cm³/mol. The quantitative estimate of drug-likeness (QED) is 0.497. The highest BCUT2D eigenvalue weighted by atomic mass is 32.2. The number of anilines is 1. The van der Waals surface area contributed by atoms with Crippen LogP contribution in [0.15, 0.2) is 46.3 Å². The summed E-state index contributed by atoms with van der Waals surface area (Å²) in [4.78, 5) is 8.28. The van der Waals surface area contributed by atoms with Gasteiger partial charge >= 0.3 is 0 Å². The molecule has 0 aromatic heterocycles. The van der Waals surface area contributed by atoms with Gasteiger partial charge in [0.25, 0.3) is 0 Å². The van der Waals surface area contributed by atoms with E-state index in [9.17, 15) is 0 Å². The van der Waals surface area contributed by atoms with Crippen LogP contribution in [-0.2, 0) is 0 Å². The molecule has 0 spiro atoms. The van der Waals surface area contributed by atoms with Crippen molar-refractivity contribution in [3.05, 3.63) is 47.5 Å². The standard InChI is InChI=1S/C22H28N2OS/c1-15-13-22(2,3)24(4)19-12-20(25-5)16(11-17(15)19)14-23-18-9-7-8-10-21(18)26-6/h7-12,14-15H,13H2,1-6H3. The molecule has 3 rings (SSSR count). The van der Waals surface area contributed by atoms with Gasteiger partial charge in [-0.2, -0.15) is 0 Å². The molecule has 1 heterocycles. The van der Waals surface area contributed by atoms with Gasteiger partial charge in [0.2, 0.25) is 0 Å². The Morgan fingerprint density at radius 3 is 2.69 bits per heavy atom. The number of ether oxygens (including phenoxy) is 1. The van der Waals surface area contributed by atoms with E-state index in [1.54, 1.807) is 18.9 Å². The molecule has 2 aromatic rings. The lowest BCUT2D eigenvalue weighted by Gasteiger charge is -2.45. The van der Waals surface area contributed by atoms with Gasteiger partial charge in [0.15, 0.2) is 0 Å². The fraction of sp³-hybridized carbons (Fsp3) is 0.409. The lowest BCUT2D eigenvalue weighted by molar-refractivity contribution is 0.389. The number of fused-ring (bicyclic) bond motifs is 1. The molecule has 0 saturated heterocycles. The van der Waals surface area contributed by atoms with Crippen molar-refractivity contribution < 1.29 is 4.74 Å². The molecule has 0 fully saturated rings. The number of para-hydroxylation sites is 1. The summed E-state index contributed by atoms with van der Waals surface area (Å²) < 4.78 is 5.69. The molecule has 0 bridgehead atoms. The third-order valence-electron chi connectivity index (χ3n) is 5.41. The highest BCUT2D eigenvalue weighted by Gasteiger charge is 2.34. The van der Waals surface area contributed by atoms with E-state index in [2.05, 4.69) is 57.2 Å². The molecule has 1 aliphatic rings. The van der Waals surface area contributed by atoms with Gasteiger partial charge in [0.05, 0.1) is 12.8 Å². The van der Waals surface area contributed by atoms with Gasteiger partial charge in [-0.3, -0.25) is 4.99 Å². The molecule has 26 heavy (non-hydrogen) atoms. The second kappa shape index (κ2) is 7.36. The first-order chi connectivity index (χ1) is 12.4. The summed E-state index contributed by atoms with van der Waals surface area (Å²) in [5.41, 5.74) is 4.79. The van der Waals surface area contributed by atoms with Crippen LogP contribution >= 0.6 is 11.8 Å². The molecule has 0 radical (unpaired) electrons. The smallest absolute Gasteiger partial charge is 0.129 e. The molecule has 0 saturated carbocycles. The second-order valence-electron chi connectivity index (χ2n) is 7.56. The summed E-state index contributed by atoms with van der Waals surface area (Å²) >= 11 is 1.71. The molecule has 0 N–H and O–H groups in total. The Morgan fingerprint density at radius 1 is 1.27 bits per heavy atom. The number of nitrogens with zero attached hydrogens (tertiary/aromatic N) is 2. The first-order valence-corrected chi connectivity index (χ1v) is 10.2. The molecule has 4 heteroatoms. The molecule has 1 aliphatic heterocycles. The van der Waals surface area contributed by atoms with Gasteiger partial charge in [-0.25, -0.2) is 0 Å². The van der Waals surface area contributed by atoms with E-state index in [0.717, 1.165) is 23.4 Å². The number of methoxy groups -OCH3 is 1. The van der Waals surface area contributed by atoms with Gasteiger partial charge < -0.3 is 9.64 Å². The van der Waals surface area contributed by atoms with Crippen molar-refractivity contribution >= 4 is 29.4 Å². The summed E-state index contributed by atoms with van der Waals surface area (Å²) in [5, 5.41) is 0. The fourth-order valence-electron chi connectivity index (χ4n) is 3.76. The Morgan fingerprint density at radius 2 is 2.00 bits per heavy atom. The van der Waals surface area contributed by atoms with E-state index in [1.807, 2.05) is 24.4 Å². The predicted octanol–water partition coefficient (Wildman–Crippen LogP) is 5.89. The zero-order valence-electron chi connectivity index (χ0n) is 16.5. The number of benzene rings is 2. The summed E-state index contributed by atoms with van der Waals surface area (Å²) in [5.74, 6) is 1.37. The number of hydrogen-bond donors (Lipinski definition) is 0. The zero-order valence-corrected chi connectivity index (χ0v) is 17.4. The summed E-state index contributed by atoms with van der Waals surface area (Å²) in [6.45, 7) is 6.91. The first-order valence-electron chi connectivity index (χ1n) is 9.00. The molecule has 0 aliphatic carbocycles. The lowest BCUT2D eigenvalue weighted by atomic mass is 9.80. The molecule has 1 atom stereocenters.